The minimum Gasteiger partial charge on any atom is -0.437 e. The predicted octanol–water partition coefficient (Wildman–Crippen LogP) is 5.01. The Balaban J connectivity index is 1.44. The van der Waals surface area contributed by atoms with Gasteiger partial charge in [-0.3, -0.25) is 9.89 Å². The highest BCUT2D eigenvalue weighted by Crippen LogP contribution is 2.30. The summed E-state index contributed by atoms with van der Waals surface area (Å²) in [4.78, 5) is 14.6. The molecule has 0 aliphatic carbocycles. The van der Waals surface area contributed by atoms with E-state index in [9.17, 15) is 9.18 Å². The van der Waals surface area contributed by atoms with Gasteiger partial charge in [0, 0.05) is 47.4 Å². The van der Waals surface area contributed by atoms with Crippen LogP contribution in [-0.4, -0.2) is 34.1 Å². The number of hydrogen-bond donors (Lipinski definition) is 1. The lowest BCUT2D eigenvalue weighted by atomic mass is 9.94. The van der Waals surface area contributed by atoms with Crippen LogP contribution in [0.3, 0.4) is 0 Å². The average Bonchev–Trinajstić information content (AvgIpc) is 3.17. The van der Waals surface area contributed by atoms with Crippen molar-refractivity contribution in [3.05, 3.63) is 76.7 Å². The van der Waals surface area contributed by atoms with E-state index in [1.165, 1.54) is 12.1 Å². The summed E-state index contributed by atoms with van der Waals surface area (Å²) < 4.78 is 18.9. The number of carbonyl (C=O) groups is 1. The van der Waals surface area contributed by atoms with Gasteiger partial charge in [-0.2, -0.15) is 0 Å². The molecule has 28 heavy (non-hydrogen) atoms. The second-order valence-corrected chi connectivity index (χ2v) is 7.25. The third-order valence-electron chi connectivity index (χ3n) is 4.83. The van der Waals surface area contributed by atoms with Gasteiger partial charge in [0.1, 0.15) is 11.6 Å². The molecule has 2 heterocycles. The summed E-state index contributed by atoms with van der Waals surface area (Å²) in [6, 6.07) is 14.7. The number of likely N-dealkylation sites (tertiary alicyclic amines) is 1. The molecule has 144 valence electrons. The van der Waals surface area contributed by atoms with Gasteiger partial charge in [-0.1, -0.05) is 17.7 Å². The van der Waals surface area contributed by atoms with E-state index in [0.29, 0.717) is 28.8 Å². The van der Waals surface area contributed by atoms with Crippen molar-refractivity contribution in [3.8, 4) is 11.6 Å². The quantitative estimate of drug-likeness (QED) is 0.670. The van der Waals surface area contributed by atoms with Crippen molar-refractivity contribution in [3.63, 3.8) is 0 Å². The largest absolute Gasteiger partial charge is 0.437 e. The zero-order valence-electron chi connectivity index (χ0n) is 15.1. The molecule has 2 aromatic carbocycles. The van der Waals surface area contributed by atoms with Crippen molar-refractivity contribution in [2.75, 3.05) is 13.1 Å². The van der Waals surface area contributed by atoms with Crippen molar-refractivity contribution < 1.29 is 13.9 Å². The first-order chi connectivity index (χ1) is 13.6. The highest BCUT2D eigenvalue weighted by molar-refractivity contribution is 6.30. The third-order valence-corrected chi connectivity index (χ3v) is 5.08. The fraction of sp³-hybridized carbons (Fsp3) is 0.238. The van der Waals surface area contributed by atoms with E-state index in [0.717, 1.165) is 25.1 Å². The fourth-order valence-corrected chi connectivity index (χ4v) is 3.55. The molecule has 1 atom stereocenters. The smallest absolute Gasteiger partial charge is 0.253 e. The van der Waals surface area contributed by atoms with Crippen LogP contribution in [0.4, 0.5) is 4.39 Å². The number of piperidine rings is 1. The Morgan fingerprint density at radius 2 is 2.04 bits per heavy atom. The van der Waals surface area contributed by atoms with Crippen LogP contribution < -0.4 is 4.74 Å². The van der Waals surface area contributed by atoms with E-state index in [1.807, 2.05) is 11.0 Å². The number of nitrogens with zero attached hydrogens (tertiary/aromatic N) is 2. The van der Waals surface area contributed by atoms with Crippen LogP contribution in [0, 0.1) is 5.82 Å². The Morgan fingerprint density at radius 1 is 1.21 bits per heavy atom. The number of aromatic amines is 1. The average molecular weight is 400 g/mol. The Kier molecular flexibility index (Phi) is 5.30. The normalized spacial score (nSPS) is 16.8. The number of rotatable bonds is 4. The Hall–Kier alpha value is -2.86. The van der Waals surface area contributed by atoms with Crippen molar-refractivity contribution in [2.24, 2.45) is 0 Å². The molecule has 1 aromatic heterocycles. The van der Waals surface area contributed by atoms with Crippen LogP contribution in [0.2, 0.25) is 5.02 Å². The molecule has 1 aliphatic heterocycles. The molecule has 0 saturated carbocycles. The number of carbonyl (C=O) groups excluding carboxylic acids is 1. The third kappa shape index (κ3) is 4.17. The predicted molar refractivity (Wildman–Crippen MR) is 104 cm³/mol. The summed E-state index contributed by atoms with van der Waals surface area (Å²) in [5.74, 6) is 0.541. The SMILES string of the molecule is O=C(c1ccc(Cl)cc1)N1CCC[C@H](c2cc(Oc3cccc(F)c3)n[nH]2)C1. The lowest BCUT2D eigenvalue weighted by Crippen LogP contribution is -2.39. The first-order valence-electron chi connectivity index (χ1n) is 9.12. The van der Waals surface area contributed by atoms with Gasteiger partial charge in [0.05, 0.1) is 0 Å². The fourth-order valence-electron chi connectivity index (χ4n) is 3.42. The molecule has 0 bridgehead atoms. The maximum Gasteiger partial charge on any atom is 0.253 e. The number of hydrogen-bond acceptors (Lipinski definition) is 3. The van der Waals surface area contributed by atoms with E-state index in [1.54, 1.807) is 36.4 Å². The van der Waals surface area contributed by atoms with Gasteiger partial charge in [-0.05, 0) is 49.2 Å². The number of aromatic nitrogens is 2. The van der Waals surface area contributed by atoms with Gasteiger partial charge in [0.15, 0.2) is 0 Å². The van der Waals surface area contributed by atoms with Gasteiger partial charge >= 0.3 is 0 Å². The number of benzene rings is 2. The molecule has 0 unspecified atom stereocenters. The number of ether oxygens (including phenoxy) is 1. The van der Waals surface area contributed by atoms with Gasteiger partial charge in [-0.15, -0.1) is 5.10 Å². The second-order valence-electron chi connectivity index (χ2n) is 6.82. The van der Waals surface area contributed by atoms with Crippen molar-refractivity contribution >= 4 is 17.5 Å². The van der Waals surface area contributed by atoms with Gasteiger partial charge in [-0.25, -0.2) is 4.39 Å². The van der Waals surface area contributed by atoms with Gasteiger partial charge in [0.25, 0.3) is 5.91 Å². The summed E-state index contributed by atoms with van der Waals surface area (Å²) in [5.41, 5.74) is 1.53. The standard InChI is InChI=1S/C21H19ClFN3O2/c22-16-8-6-14(7-9-16)21(27)26-10-2-3-15(13-26)19-12-20(25-24-19)28-18-5-1-4-17(23)11-18/h1,4-9,11-12,15H,2-3,10,13H2,(H,24,25)/t15-/m0/s1. The molecule has 1 amide bonds. The Labute approximate surface area is 167 Å². The van der Waals surface area contributed by atoms with Crippen LogP contribution >= 0.6 is 11.6 Å². The molecule has 1 saturated heterocycles. The van der Waals surface area contributed by atoms with Crippen LogP contribution in [-0.2, 0) is 0 Å². The van der Waals surface area contributed by atoms with Gasteiger partial charge in [0.2, 0.25) is 5.88 Å². The molecule has 4 rings (SSSR count). The first kappa shape index (κ1) is 18.5. The van der Waals surface area contributed by atoms with Crippen LogP contribution in [0.15, 0.2) is 54.6 Å². The monoisotopic (exact) mass is 399 g/mol. The molecule has 7 heteroatoms. The second kappa shape index (κ2) is 8.02. The Morgan fingerprint density at radius 3 is 2.82 bits per heavy atom. The minimum atomic E-state index is -0.364. The van der Waals surface area contributed by atoms with E-state index in [-0.39, 0.29) is 17.6 Å². The number of amides is 1. The maximum absolute atomic E-state index is 13.3. The van der Waals surface area contributed by atoms with Crippen LogP contribution in [0.1, 0.15) is 34.8 Å². The van der Waals surface area contributed by atoms with E-state index >= 15 is 0 Å². The lowest BCUT2D eigenvalue weighted by molar-refractivity contribution is 0.0706. The molecular formula is C21H19ClFN3O2. The summed E-state index contributed by atoms with van der Waals surface area (Å²) in [6.45, 7) is 1.32. The lowest BCUT2D eigenvalue weighted by Gasteiger charge is -2.32. The van der Waals surface area contributed by atoms with E-state index < -0.39 is 0 Å². The summed E-state index contributed by atoms with van der Waals surface area (Å²) in [5, 5.41) is 7.77. The molecule has 1 fully saturated rings. The molecule has 0 radical (unpaired) electrons. The topological polar surface area (TPSA) is 58.2 Å². The summed E-state index contributed by atoms with van der Waals surface area (Å²) >= 11 is 5.91. The molecular weight excluding hydrogens is 381 g/mol. The molecule has 5 nitrogen and oxygen atoms in total. The number of H-pyrrole nitrogens is 1. The maximum atomic E-state index is 13.3. The van der Waals surface area contributed by atoms with Crippen molar-refractivity contribution in [2.45, 2.75) is 18.8 Å². The molecule has 1 N–H and O–H groups in total. The van der Waals surface area contributed by atoms with Crippen LogP contribution in [0.5, 0.6) is 11.6 Å². The summed E-state index contributed by atoms with van der Waals surface area (Å²) in [6.07, 6.45) is 1.86. The first-order valence-corrected chi connectivity index (χ1v) is 9.50. The van der Waals surface area contributed by atoms with Gasteiger partial charge < -0.3 is 9.64 Å². The zero-order chi connectivity index (χ0) is 19.5. The van der Waals surface area contributed by atoms with E-state index in [4.69, 9.17) is 16.3 Å². The van der Waals surface area contributed by atoms with Crippen molar-refractivity contribution in [1.29, 1.82) is 0 Å². The zero-order valence-corrected chi connectivity index (χ0v) is 15.8. The number of halogens is 2. The minimum absolute atomic E-state index is 0.00267. The summed E-state index contributed by atoms with van der Waals surface area (Å²) in [7, 11) is 0. The molecule has 1 aliphatic rings. The molecule has 3 aromatic rings. The van der Waals surface area contributed by atoms with Crippen molar-refractivity contribution in [1.82, 2.24) is 15.1 Å². The Bertz CT molecular complexity index is 974. The highest BCUT2D eigenvalue weighted by Gasteiger charge is 2.27. The number of nitrogens with one attached hydrogen (secondary N) is 1. The van der Waals surface area contributed by atoms with E-state index in [2.05, 4.69) is 10.2 Å². The molecule has 0 spiro atoms. The van der Waals surface area contributed by atoms with Crippen LogP contribution in [0.25, 0.3) is 0 Å². The highest BCUT2D eigenvalue weighted by atomic mass is 35.5.